The number of nitrogens with one attached hydrogen (secondary N) is 1. The Morgan fingerprint density at radius 2 is 1.75 bits per heavy atom. The van der Waals surface area contributed by atoms with Gasteiger partial charge in [-0.15, -0.1) is 0 Å². The van der Waals surface area contributed by atoms with E-state index in [4.69, 9.17) is 9.47 Å². The minimum absolute atomic E-state index is 0.0142. The molecule has 2 aromatic carbocycles. The standard InChI is InChI=1S/C23H30N2O3/c1-15(2)27-21-10-9-19(22(13-21)28-16(3)4)14-24-25-23(26)12-20-11-17(5)7-8-18(20)6/h7-11,13-16H,12H2,1-6H3,(H,25,26)/b24-14+. The minimum Gasteiger partial charge on any atom is -0.491 e. The molecule has 0 bridgehead atoms. The highest BCUT2D eigenvalue weighted by Crippen LogP contribution is 2.25. The van der Waals surface area contributed by atoms with Crippen LogP contribution in [0.3, 0.4) is 0 Å². The summed E-state index contributed by atoms with van der Waals surface area (Å²) in [6.45, 7) is 11.9. The van der Waals surface area contributed by atoms with Crippen molar-refractivity contribution in [3.05, 3.63) is 58.7 Å². The second-order valence-electron chi connectivity index (χ2n) is 7.43. The minimum atomic E-state index is -0.156. The Balaban J connectivity index is 2.07. The smallest absolute Gasteiger partial charge is 0.244 e. The topological polar surface area (TPSA) is 59.9 Å². The molecule has 0 saturated heterocycles. The lowest BCUT2D eigenvalue weighted by Crippen LogP contribution is -2.20. The van der Waals surface area contributed by atoms with Gasteiger partial charge in [0.25, 0.3) is 0 Å². The maximum absolute atomic E-state index is 12.2. The molecule has 5 nitrogen and oxygen atoms in total. The van der Waals surface area contributed by atoms with Crippen LogP contribution in [0.25, 0.3) is 0 Å². The highest BCUT2D eigenvalue weighted by atomic mass is 16.5. The molecular formula is C23H30N2O3. The van der Waals surface area contributed by atoms with Gasteiger partial charge in [-0.2, -0.15) is 5.10 Å². The molecule has 0 aliphatic carbocycles. The van der Waals surface area contributed by atoms with Crippen LogP contribution in [0.5, 0.6) is 11.5 Å². The number of hydrazone groups is 1. The summed E-state index contributed by atoms with van der Waals surface area (Å²) in [5.41, 5.74) is 6.61. The summed E-state index contributed by atoms with van der Waals surface area (Å²) in [6.07, 6.45) is 1.98. The molecule has 0 radical (unpaired) electrons. The first kappa shape index (κ1) is 21.5. The Kier molecular flexibility index (Phi) is 7.61. The van der Waals surface area contributed by atoms with Gasteiger partial charge >= 0.3 is 0 Å². The zero-order chi connectivity index (χ0) is 20.7. The number of carbonyl (C=O) groups is 1. The Morgan fingerprint density at radius 1 is 1.04 bits per heavy atom. The van der Waals surface area contributed by atoms with E-state index in [1.807, 2.05) is 77.9 Å². The van der Waals surface area contributed by atoms with Crippen LogP contribution in [0, 0.1) is 13.8 Å². The fraction of sp³-hybridized carbons (Fsp3) is 0.391. The first-order valence-corrected chi connectivity index (χ1v) is 9.60. The molecular weight excluding hydrogens is 352 g/mol. The number of ether oxygens (including phenoxy) is 2. The predicted octanol–water partition coefficient (Wildman–Crippen LogP) is 4.57. The van der Waals surface area contributed by atoms with Crippen molar-refractivity contribution >= 4 is 12.1 Å². The fourth-order valence-electron chi connectivity index (χ4n) is 2.70. The molecule has 0 spiro atoms. The van der Waals surface area contributed by atoms with E-state index in [1.165, 1.54) is 0 Å². The highest BCUT2D eigenvalue weighted by molar-refractivity contribution is 5.86. The molecule has 0 fully saturated rings. The normalized spacial score (nSPS) is 11.3. The SMILES string of the molecule is Cc1ccc(C)c(CC(=O)N/N=C/c2ccc(OC(C)C)cc2OC(C)C)c1. The molecule has 28 heavy (non-hydrogen) atoms. The Hall–Kier alpha value is -2.82. The third kappa shape index (κ3) is 6.72. The first-order valence-electron chi connectivity index (χ1n) is 9.60. The summed E-state index contributed by atoms with van der Waals surface area (Å²) in [5.74, 6) is 1.25. The summed E-state index contributed by atoms with van der Waals surface area (Å²) in [7, 11) is 0. The van der Waals surface area contributed by atoms with Crippen LogP contribution in [0.15, 0.2) is 41.5 Å². The molecule has 0 saturated carbocycles. The summed E-state index contributed by atoms with van der Waals surface area (Å²) in [5, 5.41) is 4.10. The van der Waals surface area contributed by atoms with Gasteiger partial charge in [-0.1, -0.05) is 23.8 Å². The Labute approximate surface area is 167 Å². The zero-order valence-corrected chi connectivity index (χ0v) is 17.6. The molecule has 0 unspecified atom stereocenters. The lowest BCUT2D eigenvalue weighted by atomic mass is 10.0. The number of aryl methyl sites for hydroxylation is 2. The van der Waals surface area contributed by atoms with Gasteiger partial charge in [0.15, 0.2) is 0 Å². The van der Waals surface area contributed by atoms with Crippen LogP contribution < -0.4 is 14.9 Å². The number of benzene rings is 2. The van der Waals surface area contributed by atoms with Gasteiger partial charge in [0.05, 0.1) is 24.8 Å². The van der Waals surface area contributed by atoms with E-state index in [1.54, 1.807) is 6.21 Å². The molecule has 1 N–H and O–H groups in total. The van der Waals surface area contributed by atoms with Crippen LogP contribution in [-0.2, 0) is 11.2 Å². The molecule has 0 aliphatic heterocycles. The van der Waals surface area contributed by atoms with E-state index in [0.717, 1.165) is 28.0 Å². The maximum Gasteiger partial charge on any atom is 0.244 e. The Morgan fingerprint density at radius 3 is 2.43 bits per heavy atom. The summed E-state index contributed by atoms with van der Waals surface area (Å²) in [4.78, 5) is 12.2. The van der Waals surface area contributed by atoms with Crippen molar-refractivity contribution in [2.45, 2.75) is 60.2 Å². The summed E-state index contributed by atoms with van der Waals surface area (Å²) < 4.78 is 11.6. The van der Waals surface area contributed by atoms with E-state index < -0.39 is 0 Å². The van der Waals surface area contributed by atoms with E-state index in [-0.39, 0.29) is 18.1 Å². The Bertz CT molecular complexity index is 842. The molecule has 0 heterocycles. The third-order valence-electron chi connectivity index (χ3n) is 3.97. The monoisotopic (exact) mass is 382 g/mol. The van der Waals surface area contributed by atoms with Crippen molar-refractivity contribution in [3.63, 3.8) is 0 Å². The van der Waals surface area contributed by atoms with E-state index >= 15 is 0 Å². The molecule has 5 heteroatoms. The first-order chi connectivity index (χ1) is 13.2. The lowest BCUT2D eigenvalue weighted by molar-refractivity contribution is -0.120. The molecule has 0 atom stereocenters. The van der Waals surface area contributed by atoms with Crippen molar-refractivity contribution in [1.29, 1.82) is 0 Å². The molecule has 1 amide bonds. The maximum atomic E-state index is 12.2. The predicted molar refractivity (Wildman–Crippen MR) is 113 cm³/mol. The van der Waals surface area contributed by atoms with Crippen molar-refractivity contribution < 1.29 is 14.3 Å². The molecule has 0 aliphatic rings. The van der Waals surface area contributed by atoms with Gasteiger partial charge in [0, 0.05) is 11.6 Å². The van der Waals surface area contributed by atoms with Crippen LogP contribution in [-0.4, -0.2) is 24.3 Å². The number of hydrogen-bond donors (Lipinski definition) is 1. The number of carbonyl (C=O) groups excluding carboxylic acids is 1. The largest absolute Gasteiger partial charge is 0.491 e. The van der Waals surface area contributed by atoms with E-state index in [2.05, 4.69) is 10.5 Å². The number of rotatable bonds is 8. The average Bonchev–Trinajstić information content (AvgIpc) is 2.59. The van der Waals surface area contributed by atoms with Crippen molar-refractivity contribution in [3.8, 4) is 11.5 Å². The van der Waals surface area contributed by atoms with Gasteiger partial charge in [-0.25, -0.2) is 5.43 Å². The highest BCUT2D eigenvalue weighted by Gasteiger charge is 2.09. The second kappa shape index (κ2) is 9.93. The van der Waals surface area contributed by atoms with Crippen LogP contribution in [0.1, 0.15) is 49.9 Å². The van der Waals surface area contributed by atoms with Gasteiger partial charge in [-0.3, -0.25) is 4.79 Å². The third-order valence-corrected chi connectivity index (χ3v) is 3.97. The molecule has 2 aromatic rings. The van der Waals surface area contributed by atoms with E-state index in [0.29, 0.717) is 12.2 Å². The molecule has 150 valence electrons. The van der Waals surface area contributed by atoms with Crippen molar-refractivity contribution in [2.75, 3.05) is 0 Å². The van der Waals surface area contributed by atoms with Crippen LogP contribution in [0.4, 0.5) is 0 Å². The van der Waals surface area contributed by atoms with Crippen molar-refractivity contribution in [2.24, 2.45) is 5.10 Å². The lowest BCUT2D eigenvalue weighted by Gasteiger charge is -2.15. The summed E-state index contributed by atoms with van der Waals surface area (Å²) in [6, 6.07) is 11.7. The molecule has 0 aromatic heterocycles. The average molecular weight is 383 g/mol. The second-order valence-corrected chi connectivity index (χ2v) is 7.43. The summed E-state index contributed by atoms with van der Waals surface area (Å²) >= 11 is 0. The van der Waals surface area contributed by atoms with Crippen molar-refractivity contribution in [1.82, 2.24) is 5.43 Å². The van der Waals surface area contributed by atoms with Gasteiger partial charge in [-0.05, 0) is 64.8 Å². The van der Waals surface area contributed by atoms with Gasteiger partial charge in [0.2, 0.25) is 5.91 Å². The molecule has 2 rings (SSSR count). The zero-order valence-electron chi connectivity index (χ0n) is 17.6. The van der Waals surface area contributed by atoms with Crippen LogP contribution >= 0.6 is 0 Å². The fourth-order valence-corrected chi connectivity index (χ4v) is 2.70. The number of hydrogen-bond acceptors (Lipinski definition) is 4. The van der Waals surface area contributed by atoms with Gasteiger partial charge in [0.1, 0.15) is 11.5 Å². The van der Waals surface area contributed by atoms with E-state index in [9.17, 15) is 4.79 Å². The van der Waals surface area contributed by atoms with Gasteiger partial charge < -0.3 is 9.47 Å². The van der Waals surface area contributed by atoms with Crippen LogP contribution in [0.2, 0.25) is 0 Å². The quantitative estimate of drug-likeness (QED) is 0.537. The number of nitrogens with zero attached hydrogens (tertiary/aromatic N) is 1. The number of amides is 1.